The molecule has 1 saturated heterocycles. The van der Waals surface area contributed by atoms with Gasteiger partial charge in [-0.3, -0.25) is 14.5 Å². The quantitative estimate of drug-likeness (QED) is 0.340. The first-order valence-corrected chi connectivity index (χ1v) is 13.9. The number of nitrogens with one attached hydrogen (secondary N) is 2. The summed E-state index contributed by atoms with van der Waals surface area (Å²) in [6.07, 6.45) is 1.85. The van der Waals surface area contributed by atoms with Crippen molar-refractivity contribution >= 4 is 63.8 Å². The summed E-state index contributed by atoms with van der Waals surface area (Å²) in [6.45, 7) is 4.16. The lowest BCUT2D eigenvalue weighted by Crippen LogP contribution is -2.44. The molecule has 35 heavy (non-hydrogen) atoms. The fourth-order valence-corrected chi connectivity index (χ4v) is 5.88. The number of thiazole rings is 1. The third kappa shape index (κ3) is 7.69. The molecule has 2 N–H and O–H groups in total. The molecule has 0 radical (unpaired) electrons. The highest BCUT2D eigenvalue weighted by Crippen LogP contribution is 2.29. The lowest BCUT2D eigenvalue weighted by Gasteiger charge is -2.32. The number of aromatic nitrogens is 1. The van der Waals surface area contributed by atoms with Crippen LogP contribution in [-0.2, 0) is 16.1 Å². The average molecular weight is 550 g/mol. The van der Waals surface area contributed by atoms with Crippen molar-refractivity contribution in [2.24, 2.45) is 0 Å². The second kappa shape index (κ2) is 12.2. The molecule has 1 fully saturated rings. The molecule has 4 rings (SSSR count). The predicted octanol–water partition coefficient (Wildman–Crippen LogP) is 5.95. The zero-order valence-electron chi connectivity index (χ0n) is 19.2. The number of piperidine rings is 1. The number of carbonyl (C=O) groups excluding carboxylic acids is 2. The zero-order valence-corrected chi connectivity index (χ0v) is 22.4. The minimum Gasteiger partial charge on any atom is -0.353 e. The van der Waals surface area contributed by atoms with Gasteiger partial charge in [-0.15, -0.1) is 11.3 Å². The van der Waals surface area contributed by atoms with Crippen LogP contribution in [0.1, 0.15) is 25.3 Å². The largest absolute Gasteiger partial charge is 0.353 e. The number of anilines is 1. The fraction of sp³-hybridized carbons (Fsp3) is 0.320. The van der Waals surface area contributed by atoms with E-state index in [1.165, 1.54) is 30.0 Å². The predicted molar refractivity (Wildman–Crippen MR) is 145 cm³/mol. The van der Waals surface area contributed by atoms with E-state index in [1.54, 1.807) is 0 Å². The highest BCUT2D eigenvalue weighted by Gasteiger charge is 2.21. The maximum Gasteiger partial charge on any atom is 0.230 e. The summed E-state index contributed by atoms with van der Waals surface area (Å²) in [7, 11) is 0. The van der Waals surface area contributed by atoms with Crippen LogP contribution in [0.3, 0.4) is 0 Å². The number of halogens is 2. The van der Waals surface area contributed by atoms with Gasteiger partial charge in [-0.25, -0.2) is 4.98 Å². The van der Waals surface area contributed by atoms with E-state index in [1.807, 2.05) is 47.8 Å². The molecular weight excluding hydrogens is 523 g/mol. The molecule has 1 aromatic heterocycles. The van der Waals surface area contributed by atoms with Crippen molar-refractivity contribution in [2.45, 2.75) is 36.7 Å². The summed E-state index contributed by atoms with van der Waals surface area (Å²) in [5.41, 5.74) is 3.73. The summed E-state index contributed by atoms with van der Waals surface area (Å²) in [5.74, 6) is 0.282. The van der Waals surface area contributed by atoms with Gasteiger partial charge in [0.05, 0.1) is 21.5 Å². The third-order valence-corrected chi connectivity index (χ3v) is 8.41. The molecular formula is C25H26Cl2N4O2S2. The highest BCUT2D eigenvalue weighted by atomic mass is 35.5. The molecule has 184 valence electrons. The van der Waals surface area contributed by atoms with E-state index < -0.39 is 0 Å². The normalized spacial score (nSPS) is 14.6. The van der Waals surface area contributed by atoms with Crippen molar-refractivity contribution in [1.82, 2.24) is 15.2 Å². The number of nitrogens with zero attached hydrogens (tertiary/aromatic N) is 2. The molecule has 2 aromatic carbocycles. The molecule has 0 saturated carbocycles. The molecule has 0 aliphatic carbocycles. The Hall–Kier alpha value is -2.10. The van der Waals surface area contributed by atoms with Gasteiger partial charge in [0, 0.05) is 49.2 Å². The van der Waals surface area contributed by atoms with Gasteiger partial charge in [-0.1, -0.05) is 53.2 Å². The van der Waals surface area contributed by atoms with Crippen molar-refractivity contribution in [1.29, 1.82) is 0 Å². The van der Waals surface area contributed by atoms with Crippen LogP contribution in [0.25, 0.3) is 11.3 Å². The van der Waals surface area contributed by atoms with Gasteiger partial charge in [0.2, 0.25) is 11.8 Å². The van der Waals surface area contributed by atoms with Crippen LogP contribution in [0, 0.1) is 0 Å². The van der Waals surface area contributed by atoms with Crippen LogP contribution >= 0.6 is 46.3 Å². The lowest BCUT2D eigenvalue weighted by atomic mass is 10.0. The van der Waals surface area contributed by atoms with Gasteiger partial charge in [-0.05, 0) is 42.7 Å². The summed E-state index contributed by atoms with van der Waals surface area (Å²) < 4.78 is 0.859. The fourth-order valence-electron chi connectivity index (χ4n) is 3.91. The molecule has 0 spiro atoms. The van der Waals surface area contributed by atoms with Crippen molar-refractivity contribution in [2.75, 3.05) is 24.2 Å². The Balaban J connectivity index is 1.19. The smallest absolute Gasteiger partial charge is 0.230 e. The van der Waals surface area contributed by atoms with Gasteiger partial charge in [0.25, 0.3) is 0 Å². The van der Waals surface area contributed by atoms with Crippen LogP contribution < -0.4 is 10.6 Å². The van der Waals surface area contributed by atoms with Crippen molar-refractivity contribution in [3.8, 4) is 11.3 Å². The second-order valence-corrected chi connectivity index (χ2v) is 11.3. The summed E-state index contributed by atoms with van der Waals surface area (Å²) in [6, 6.07) is 13.5. The van der Waals surface area contributed by atoms with E-state index in [-0.39, 0.29) is 17.9 Å². The molecule has 0 atom stereocenters. The number of rotatable bonds is 8. The van der Waals surface area contributed by atoms with E-state index in [0.717, 1.165) is 59.3 Å². The number of hydrogen-bond acceptors (Lipinski definition) is 6. The SMILES string of the molecule is CC(=O)Nc1ccc(-c2csc(SCC(=O)NC3CCN(Cc4ccc(Cl)c(Cl)c4)CC3)n2)cc1. The number of hydrogen-bond donors (Lipinski definition) is 2. The summed E-state index contributed by atoms with van der Waals surface area (Å²) in [4.78, 5) is 30.7. The van der Waals surface area contributed by atoms with Crippen LogP contribution in [0.5, 0.6) is 0 Å². The number of amides is 2. The molecule has 0 bridgehead atoms. The average Bonchev–Trinajstić information content (AvgIpc) is 3.31. The Kier molecular flexibility index (Phi) is 9.08. The highest BCUT2D eigenvalue weighted by molar-refractivity contribution is 8.01. The van der Waals surface area contributed by atoms with Crippen LogP contribution in [0.4, 0.5) is 5.69 Å². The van der Waals surface area contributed by atoms with Crippen molar-refractivity contribution in [3.05, 3.63) is 63.5 Å². The Morgan fingerprint density at radius 1 is 1.11 bits per heavy atom. The van der Waals surface area contributed by atoms with Crippen LogP contribution in [0.15, 0.2) is 52.2 Å². The van der Waals surface area contributed by atoms with E-state index in [4.69, 9.17) is 23.2 Å². The Labute approximate surface area is 223 Å². The van der Waals surface area contributed by atoms with E-state index >= 15 is 0 Å². The molecule has 2 amide bonds. The molecule has 10 heteroatoms. The third-order valence-electron chi connectivity index (χ3n) is 5.65. The minimum absolute atomic E-state index is 0.0364. The maximum absolute atomic E-state index is 12.5. The van der Waals surface area contributed by atoms with E-state index in [0.29, 0.717) is 15.8 Å². The Morgan fingerprint density at radius 2 is 1.86 bits per heavy atom. The first kappa shape index (κ1) is 26.0. The van der Waals surface area contributed by atoms with Gasteiger partial charge in [-0.2, -0.15) is 0 Å². The number of likely N-dealkylation sites (tertiary alicyclic amines) is 1. The monoisotopic (exact) mass is 548 g/mol. The van der Waals surface area contributed by atoms with E-state index in [9.17, 15) is 9.59 Å². The van der Waals surface area contributed by atoms with Crippen LogP contribution in [0.2, 0.25) is 10.0 Å². The molecule has 6 nitrogen and oxygen atoms in total. The first-order valence-electron chi connectivity index (χ1n) is 11.3. The molecule has 1 aliphatic rings. The standard InChI is InChI=1S/C25H26Cl2N4O2S2/c1-16(32)28-19-5-3-18(4-6-19)23-14-34-25(30-23)35-15-24(33)29-20-8-10-31(11-9-20)13-17-2-7-21(26)22(27)12-17/h2-7,12,14,20H,8-11,13,15H2,1H3,(H,28,32)(H,29,33). The van der Waals surface area contributed by atoms with Crippen LogP contribution in [-0.4, -0.2) is 46.6 Å². The van der Waals surface area contributed by atoms with Gasteiger partial charge < -0.3 is 10.6 Å². The number of thioether (sulfide) groups is 1. The summed E-state index contributed by atoms with van der Waals surface area (Å²) in [5, 5.41) is 9.06. The summed E-state index contributed by atoms with van der Waals surface area (Å²) >= 11 is 15.1. The van der Waals surface area contributed by atoms with Gasteiger partial charge >= 0.3 is 0 Å². The van der Waals surface area contributed by atoms with Crippen molar-refractivity contribution < 1.29 is 9.59 Å². The Bertz CT molecular complexity index is 1180. The molecule has 0 unspecified atom stereocenters. The van der Waals surface area contributed by atoms with Gasteiger partial charge in [0.15, 0.2) is 4.34 Å². The van der Waals surface area contributed by atoms with Crippen molar-refractivity contribution in [3.63, 3.8) is 0 Å². The first-order chi connectivity index (χ1) is 16.9. The molecule has 2 heterocycles. The lowest BCUT2D eigenvalue weighted by molar-refractivity contribution is -0.119. The minimum atomic E-state index is -0.0998. The van der Waals surface area contributed by atoms with Gasteiger partial charge in [0.1, 0.15) is 0 Å². The second-order valence-electron chi connectivity index (χ2n) is 8.41. The number of benzene rings is 2. The molecule has 1 aliphatic heterocycles. The maximum atomic E-state index is 12.5. The molecule has 3 aromatic rings. The topological polar surface area (TPSA) is 74.3 Å². The zero-order chi connectivity index (χ0) is 24.8. The van der Waals surface area contributed by atoms with E-state index in [2.05, 4.69) is 20.5 Å². The Morgan fingerprint density at radius 3 is 2.54 bits per heavy atom. The number of carbonyl (C=O) groups is 2.